The van der Waals surface area contributed by atoms with Crippen LogP contribution >= 0.6 is 0 Å². The molecular formula is C21H22N4O2. The van der Waals surface area contributed by atoms with Crippen LogP contribution in [0.2, 0.25) is 0 Å². The topological polar surface area (TPSA) is 69.0 Å². The SMILES string of the molecule is O=C(NC[C@H]1CCCO1)c1cn(Cc2ccccc2)nc1-c1cccnc1. The first-order valence-corrected chi connectivity index (χ1v) is 9.21. The number of benzene rings is 1. The number of hydrogen-bond donors (Lipinski definition) is 1. The van der Waals surface area contributed by atoms with E-state index in [1.54, 1.807) is 23.3 Å². The fourth-order valence-corrected chi connectivity index (χ4v) is 3.26. The van der Waals surface area contributed by atoms with Crippen molar-refractivity contribution >= 4 is 5.91 Å². The van der Waals surface area contributed by atoms with Gasteiger partial charge in [0.1, 0.15) is 5.69 Å². The molecule has 138 valence electrons. The highest BCUT2D eigenvalue weighted by Gasteiger charge is 2.21. The second kappa shape index (κ2) is 8.14. The van der Waals surface area contributed by atoms with Crippen molar-refractivity contribution in [1.82, 2.24) is 20.1 Å². The number of nitrogens with zero attached hydrogens (tertiary/aromatic N) is 3. The lowest BCUT2D eigenvalue weighted by atomic mass is 10.1. The Morgan fingerprint density at radius 2 is 2.11 bits per heavy atom. The Labute approximate surface area is 158 Å². The van der Waals surface area contributed by atoms with Crippen molar-refractivity contribution in [2.45, 2.75) is 25.5 Å². The van der Waals surface area contributed by atoms with E-state index in [4.69, 9.17) is 4.74 Å². The lowest BCUT2D eigenvalue weighted by Gasteiger charge is -2.10. The Morgan fingerprint density at radius 3 is 2.85 bits per heavy atom. The number of rotatable bonds is 6. The van der Waals surface area contributed by atoms with Gasteiger partial charge in [0.05, 0.1) is 18.2 Å². The lowest BCUT2D eigenvalue weighted by Crippen LogP contribution is -2.31. The summed E-state index contributed by atoms with van der Waals surface area (Å²) in [6.07, 6.45) is 7.39. The summed E-state index contributed by atoms with van der Waals surface area (Å²) in [5.74, 6) is -0.135. The molecule has 3 heterocycles. The van der Waals surface area contributed by atoms with E-state index in [9.17, 15) is 4.79 Å². The van der Waals surface area contributed by atoms with E-state index in [0.717, 1.165) is 30.6 Å². The van der Waals surface area contributed by atoms with Crippen LogP contribution in [0.5, 0.6) is 0 Å². The zero-order chi connectivity index (χ0) is 18.5. The molecule has 3 aromatic rings. The van der Waals surface area contributed by atoms with Crippen molar-refractivity contribution < 1.29 is 9.53 Å². The second-order valence-electron chi connectivity index (χ2n) is 6.66. The minimum Gasteiger partial charge on any atom is -0.376 e. The number of pyridine rings is 1. The summed E-state index contributed by atoms with van der Waals surface area (Å²) in [4.78, 5) is 17.0. The van der Waals surface area contributed by atoms with Crippen molar-refractivity contribution in [3.05, 3.63) is 72.2 Å². The van der Waals surface area contributed by atoms with Gasteiger partial charge < -0.3 is 10.1 Å². The Bertz CT molecular complexity index is 887. The molecule has 1 atom stereocenters. The Kier molecular flexibility index (Phi) is 5.25. The molecular weight excluding hydrogens is 340 g/mol. The molecule has 1 N–H and O–H groups in total. The van der Waals surface area contributed by atoms with Crippen molar-refractivity contribution in [1.29, 1.82) is 0 Å². The third-order valence-corrected chi connectivity index (χ3v) is 4.64. The van der Waals surface area contributed by atoms with Gasteiger partial charge in [0.25, 0.3) is 5.91 Å². The standard InChI is InChI=1S/C21H22N4O2/c26-21(23-13-18-9-5-11-27-18)19-15-25(14-16-6-2-1-3-7-16)24-20(19)17-8-4-10-22-12-17/h1-4,6-8,10,12,15,18H,5,9,11,13-14H2,(H,23,26)/t18-/m1/s1. The predicted octanol–water partition coefficient (Wildman–Crippen LogP) is 2.90. The van der Waals surface area contributed by atoms with Crippen LogP contribution < -0.4 is 5.32 Å². The second-order valence-corrected chi connectivity index (χ2v) is 6.66. The molecule has 1 aromatic carbocycles. The normalized spacial score (nSPS) is 16.4. The van der Waals surface area contributed by atoms with Gasteiger partial charge in [0, 0.05) is 37.3 Å². The lowest BCUT2D eigenvalue weighted by molar-refractivity contribution is 0.0858. The van der Waals surface area contributed by atoms with Crippen molar-refractivity contribution in [3.63, 3.8) is 0 Å². The summed E-state index contributed by atoms with van der Waals surface area (Å²) < 4.78 is 7.40. The number of hydrogen-bond acceptors (Lipinski definition) is 4. The highest BCUT2D eigenvalue weighted by atomic mass is 16.5. The summed E-state index contributed by atoms with van der Waals surface area (Å²) in [5.41, 5.74) is 3.15. The Balaban J connectivity index is 1.58. The van der Waals surface area contributed by atoms with Gasteiger partial charge in [-0.3, -0.25) is 14.5 Å². The summed E-state index contributed by atoms with van der Waals surface area (Å²) in [7, 11) is 0. The molecule has 0 unspecified atom stereocenters. The van der Waals surface area contributed by atoms with Crippen LogP contribution in [-0.2, 0) is 11.3 Å². The highest BCUT2D eigenvalue weighted by Crippen LogP contribution is 2.22. The zero-order valence-electron chi connectivity index (χ0n) is 15.0. The molecule has 4 rings (SSSR count). The summed E-state index contributed by atoms with van der Waals surface area (Å²) in [6, 6.07) is 13.8. The van der Waals surface area contributed by atoms with Gasteiger partial charge in [-0.1, -0.05) is 30.3 Å². The monoisotopic (exact) mass is 362 g/mol. The smallest absolute Gasteiger partial charge is 0.255 e. The first kappa shape index (κ1) is 17.4. The fraction of sp³-hybridized carbons (Fsp3) is 0.286. The van der Waals surface area contributed by atoms with Gasteiger partial charge in [-0.25, -0.2) is 0 Å². The van der Waals surface area contributed by atoms with E-state index >= 15 is 0 Å². The van der Waals surface area contributed by atoms with E-state index in [-0.39, 0.29) is 12.0 Å². The molecule has 0 radical (unpaired) electrons. The number of aromatic nitrogens is 3. The molecule has 1 aliphatic heterocycles. The Hall–Kier alpha value is -2.99. The van der Waals surface area contributed by atoms with Crippen LogP contribution in [0.3, 0.4) is 0 Å². The minimum absolute atomic E-state index is 0.107. The van der Waals surface area contributed by atoms with E-state index in [1.165, 1.54) is 0 Å². The summed E-state index contributed by atoms with van der Waals surface area (Å²) >= 11 is 0. The molecule has 0 bridgehead atoms. The molecule has 1 saturated heterocycles. The van der Waals surface area contributed by atoms with Crippen molar-refractivity contribution in [2.75, 3.05) is 13.2 Å². The van der Waals surface area contributed by atoms with Crippen LogP contribution in [0.25, 0.3) is 11.3 Å². The molecule has 2 aromatic heterocycles. The van der Waals surface area contributed by atoms with E-state index in [1.807, 2.05) is 42.5 Å². The molecule has 0 saturated carbocycles. The van der Waals surface area contributed by atoms with Gasteiger partial charge in [-0.05, 0) is 30.5 Å². The van der Waals surface area contributed by atoms with Crippen LogP contribution in [-0.4, -0.2) is 39.9 Å². The van der Waals surface area contributed by atoms with Gasteiger partial charge in [-0.15, -0.1) is 0 Å². The number of carbonyl (C=O) groups excluding carboxylic acids is 1. The average Bonchev–Trinajstić information content (AvgIpc) is 3.38. The number of nitrogens with one attached hydrogen (secondary N) is 1. The van der Waals surface area contributed by atoms with Crippen LogP contribution in [0, 0.1) is 0 Å². The fourth-order valence-electron chi connectivity index (χ4n) is 3.26. The van der Waals surface area contributed by atoms with E-state index < -0.39 is 0 Å². The molecule has 0 aliphatic carbocycles. The van der Waals surface area contributed by atoms with Crippen LogP contribution in [0.1, 0.15) is 28.8 Å². The van der Waals surface area contributed by atoms with Crippen molar-refractivity contribution in [3.8, 4) is 11.3 Å². The maximum absolute atomic E-state index is 12.8. The van der Waals surface area contributed by atoms with Crippen LogP contribution in [0.15, 0.2) is 61.1 Å². The molecule has 1 amide bonds. The Morgan fingerprint density at radius 1 is 1.22 bits per heavy atom. The van der Waals surface area contributed by atoms with Gasteiger partial charge in [0.15, 0.2) is 0 Å². The quantitative estimate of drug-likeness (QED) is 0.732. The predicted molar refractivity (Wildman–Crippen MR) is 102 cm³/mol. The molecule has 6 nitrogen and oxygen atoms in total. The van der Waals surface area contributed by atoms with Gasteiger partial charge >= 0.3 is 0 Å². The molecule has 27 heavy (non-hydrogen) atoms. The third-order valence-electron chi connectivity index (χ3n) is 4.64. The summed E-state index contributed by atoms with van der Waals surface area (Å²) in [5, 5.41) is 7.65. The van der Waals surface area contributed by atoms with E-state index in [0.29, 0.717) is 24.3 Å². The average molecular weight is 362 g/mol. The summed E-state index contributed by atoms with van der Waals surface area (Å²) in [6.45, 7) is 1.90. The number of ether oxygens (including phenoxy) is 1. The largest absolute Gasteiger partial charge is 0.376 e. The van der Waals surface area contributed by atoms with Gasteiger partial charge in [0.2, 0.25) is 0 Å². The minimum atomic E-state index is -0.135. The first-order chi connectivity index (χ1) is 13.3. The third kappa shape index (κ3) is 4.23. The van der Waals surface area contributed by atoms with Gasteiger partial charge in [-0.2, -0.15) is 5.10 Å². The molecule has 1 fully saturated rings. The maximum atomic E-state index is 12.8. The maximum Gasteiger partial charge on any atom is 0.255 e. The number of carbonyl (C=O) groups is 1. The first-order valence-electron chi connectivity index (χ1n) is 9.21. The highest BCUT2D eigenvalue weighted by molar-refractivity contribution is 5.99. The van der Waals surface area contributed by atoms with E-state index in [2.05, 4.69) is 15.4 Å². The molecule has 1 aliphatic rings. The molecule has 6 heteroatoms. The number of amides is 1. The van der Waals surface area contributed by atoms with Crippen molar-refractivity contribution in [2.24, 2.45) is 0 Å². The molecule has 0 spiro atoms. The zero-order valence-corrected chi connectivity index (χ0v) is 15.0. The van der Waals surface area contributed by atoms with Crippen LogP contribution in [0.4, 0.5) is 0 Å².